The molecule has 2 rings (SSSR count). The van der Waals surface area contributed by atoms with E-state index in [1.807, 2.05) is 6.92 Å². The summed E-state index contributed by atoms with van der Waals surface area (Å²) in [6.45, 7) is 1.86. The highest BCUT2D eigenvalue weighted by Crippen LogP contribution is 2.30. The Hall–Kier alpha value is -1.94. The van der Waals surface area contributed by atoms with Gasteiger partial charge in [0.05, 0.1) is 16.4 Å². The molecule has 0 saturated heterocycles. The predicted molar refractivity (Wildman–Crippen MR) is 71.2 cm³/mol. The summed E-state index contributed by atoms with van der Waals surface area (Å²) in [4.78, 5) is 10.9. The molecule has 0 atom stereocenters. The number of aldehydes is 1. The van der Waals surface area contributed by atoms with Crippen LogP contribution in [0.25, 0.3) is 0 Å². The van der Waals surface area contributed by atoms with Gasteiger partial charge < -0.3 is 5.32 Å². The molecule has 0 aliphatic carbocycles. The lowest BCUT2D eigenvalue weighted by Gasteiger charge is -2.12. The van der Waals surface area contributed by atoms with Crippen molar-refractivity contribution < 1.29 is 13.6 Å². The molecule has 19 heavy (non-hydrogen) atoms. The Morgan fingerprint density at radius 2 is 1.95 bits per heavy atom. The summed E-state index contributed by atoms with van der Waals surface area (Å²) in [5, 5.41) is 3.01. The first kappa shape index (κ1) is 13.5. The van der Waals surface area contributed by atoms with Gasteiger partial charge in [-0.2, -0.15) is 0 Å². The molecule has 0 fully saturated rings. The molecule has 98 valence electrons. The summed E-state index contributed by atoms with van der Waals surface area (Å²) in [5.41, 5.74) is 1.14. The Labute approximate surface area is 114 Å². The van der Waals surface area contributed by atoms with E-state index in [1.165, 1.54) is 6.07 Å². The summed E-state index contributed by atoms with van der Waals surface area (Å²) in [6.07, 6.45) is 0.451. The highest BCUT2D eigenvalue weighted by molar-refractivity contribution is 6.33. The summed E-state index contributed by atoms with van der Waals surface area (Å²) < 4.78 is 26.9. The largest absolute Gasteiger partial charge is 0.351 e. The van der Waals surface area contributed by atoms with Gasteiger partial charge in [-0.1, -0.05) is 17.7 Å². The van der Waals surface area contributed by atoms with Crippen LogP contribution in [0.3, 0.4) is 0 Å². The molecule has 0 unspecified atom stereocenters. The fraction of sp³-hybridized carbons (Fsp3) is 0.0714. The van der Waals surface area contributed by atoms with E-state index in [9.17, 15) is 13.6 Å². The zero-order valence-corrected chi connectivity index (χ0v) is 10.8. The summed E-state index contributed by atoms with van der Waals surface area (Å²) in [6, 6.07) is 7.20. The molecule has 5 heteroatoms. The van der Waals surface area contributed by atoms with Crippen LogP contribution in [0.15, 0.2) is 30.3 Å². The van der Waals surface area contributed by atoms with Crippen LogP contribution in [-0.2, 0) is 0 Å². The molecule has 2 aromatic carbocycles. The average molecular weight is 282 g/mol. The molecule has 2 nitrogen and oxygen atoms in total. The summed E-state index contributed by atoms with van der Waals surface area (Å²) in [7, 11) is 0. The average Bonchev–Trinajstić information content (AvgIpc) is 2.38. The van der Waals surface area contributed by atoms with E-state index < -0.39 is 11.6 Å². The number of halogens is 3. The molecule has 0 bridgehead atoms. The Bertz CT molecular complexity index is 644. The lowest BCUT2D eigenvalue weighted by Crippen LogP contribution is -2.01. The zero-order chi connectivity index (χ0) is 14.0. The molecular weight excluding hydrogens is 272 g/mol. The molecule has 0 aromatic heterocycles. The maximum Gasteiger partial charge on any atom is 0.182 e. The number of carbonyl (C=O) groups is 1. The van der Waals surface area contributed by atoms with Gasteiger partial charge in [0.15, 0.2) is 17.9 Å². The topological polar surface area (TPSA) is 29.1 Å². The highest BCUT2D eigenvalue weighted by atomic mass is 35.5. The standard InChI is InChI=1S/C14H10ClF2NO/c1-8-2-5-12(10(15)6-8)18-14-9(7-19)3-4-11(16)13(14)17/h2-7,18H,1H3. The zero-order valence-electron chi connectivity index (χ0n) is 10.0. The van der Waals surface area contributed by atoms with Crippen molar-refractivity contribution in [3.8, 4) is 0 Å². The van der Waals surface area contributed by atoms with Gasteiger partial charge in [-0.05, 0) is 36.8 Å². The van der Waals surface area contributed by atoms with Gasteiger partial charge in [-0.3, -0.25) is 4.79 Å². The molecular formula is C14H10ClF2NO. The number of aryl methyl sites for hydroxylation is 1. The number of anilines is 2. The molecule has 1 N–H and O–H groups in total. The first-order valence-corrected chi connectivity index (χ1v) is 5.87. The second-order valence-electron chi connectivity index (χ2n) is 4.05. The first-order valence-electron chi connectivity index (χ1n) is 5.49. The van der Waals surface area contributed by atoms with Crippen LogP contribution in [-0.4, -0.2) is 6.29 Å². The van der Waals surface area contributed by atoms with Gasteiger partial charge in [-0.25, -0.2) is 8.78 Å². The van der Waals surface area contributed by atoms with Crippen molar-refractivity contribution >= 4 is 29.3 Å². The normalized spacial score (nSPS) is 10.3. The van der Waals surface area contributed by atoms with E-state index in [-0.39, 0.29) is 11.3 Å². The maximum atomic E-state index is 13.7. The van der Waals surface area contributed by atoms with Crippen molar-refractivity contribution in [1.29, 1.82) is 0 Å². The maximum absolute atomic E-state index is 13.7. The van der Waals surface area contributed by atoms with Gasteiger partial charge in [0.1, 0.15) is 0 Å². The third-order valence-electron chi connectivity index (χ3n) is 2.64. The van der Waals surface area contributed by atoms with E-state index in [0.717, 1.165) is 11.6 Å². The third kappa shape index (κ3) is 2.74. The van der Waals surface area contributed by atoms with E-state index in [0.29, 0.717) is 17.0 Å². The monoisotopic (exact) mass is 281 g/mol. The van der Waals surface area contributed by atoms with Crippen molar-refractivity contribution in [3.05, 3.63) is 58.1 Å². The van der Waals surface area contributed by atoms with Gasteiger partial charge in [0.2, 0.25) is 0 Å². The van der Waals surface area contributed by atoms with Crippen molar-refractivity contribution in [1.82, 2.24) is 0 Å². The van der Waals surface area contributed by atoms with E-state index in [1.54, 1.807) is 18.2 Å². The molecule has 0 radical (unpaired) electrons. The molecule has 0 spiro atoms. The minimum atomic E-state index is -1.11. The molecule has 0 saturated carbocycles. The molecule has 0 heterocycles. The minimum Gasteiger partial charge on any atom is -0.351 e. The van der Waals surface area contributed by atoms with Crippen molar-refractivity contribution in [2.75, 3.05) is 5.32 Å². The molecule has 2 aromatic rings. The smallest absolute Gasteiger partial charge is 0.182 e. The van der Waals surface area contributed by atoms with Crippen LogP contribution < -0.4 is 5.32 Å². The van der Waals surface area contributed by atoms with Crippen molar-refractivity contribution in [2.24, 2.45) is 0 Å². The number of rotatable bonds is 3. The Morgan fingerprint density at radius 3 is 2.58 bits per heavy atom. The Balaban J connectivity index is 2.48. The van der Waals surface area contributed by atoms with E-state index >= 15 is 0 Å². The van der Waals surface area contributed by atoms with Crippen LogP contribution in [0.5, 0.6) is 0 Å². The molecule has 0 aliphatic rings. The van der Waals surface area contributed by atoms with Crippen molar-refractivity contribution in [2.45, 2.75) is 6.92 Å². The highest BCUT2D eigenvalue weighted by Gasteiger charge is 2.14. The van der Waals surface area contributed by atoms with Crippen LogP contribution in [0, 0.1) is 18.6 Å². The van der Waals surface area contributed by atoms with Crippen molar-refractivity contribution in [3.63, 3.8) is 0 Å². The third-order valence-corrected chi connectivity index (χ3v) is 2.95. The number of hydrogen-bond donors (Lipinski definition) is 1. The minimum absolute atomic E-state index is 0.0236. The van der Waals surface area contributed by atoms with Crippen LogP contribution in [0.2, 0.25) is 5.02 Å². The fourth-order valence-corrected chi connectivity index (χ4v) is 1.93. The fourth-order valence-electron chi connectivity index (χ4n) is 1.65. The Kier molecular flexibility index (Phi) is 3.81. The number of benzene rings is 2. The molecule has 0 amide bonds. The van der Waals surface area contributed by atoms with Crippen LogP contribution in [0.4, 0.5) is 20.2 Å². The van der Waals surface area contributed by atoms with Gasteiger partial charge in [0.25, 0.3) is 0 Å². The lowest BCUT2D eigenvalue weighted by molar-refractivity contribution is 0.112. The molecule has 0 aliphatic heterocycles. The number of carbonyl (C=O) groups excluding carboxylic acids is 1. The second kappa shape index (κ2) is 5.36. The van der Waals surface area contributed by atoms with Gasteiger partial charge >= 0.3 is 0 Å². The van der Waals surface area contributed by atoms with Gasteiger partial charge in [-0.15, -0.1) is 0 Å². The first-order chi connectivity index (χ1) is 9.02. The van der Waals surface area contributed by atoms with E-state index in [2.05, 4.69) is 5.32 Å². The lowest BCUT2D eigenvalue weighted by atomic mass is 10.1. The quantitative estimate of drug-likeness (QED) is 0.840. The number of nitrogens with one attached hydrogen (secondary N) is 1. The van der Waals surface area contributed by atoms with Gasteiger partial charge in [0, 0.05) is 5.56 Å². The van der Waals surface area contributed by atoms with Crippen LogP contribution in [0.1, 0.15) is 15.9 Å². The summed E-state index contributed by atoms with van der Waals surface area (Å²) in [5.74, 6) is -2.14. The Morgan fingerprint density at radius 1 is 1.21 bits per heavy atom. The SMILES string of the molecule is Cc1ccc(Nc2c(C=O)ccc(F)c2F)c(Cl)c1. The predicted octanol–water partition coefficient (Wildman–Crippen LogP) is 4.48. The van der Waals surface area contributed by atoms with Crippen LogP contribution >= 0.6 is 11.6 Å². The summed E-state index contributed by atoms with van der Waals surface area (Å²) >= 11 is 6.00. The number of hydrogen-bond acceptors (Lipinski definition) is 2. The van der Waals surface area contributed by atoms with E-state index in [4.69, 9.17) is 11.6 Å². The second-order valence-corrected chi connectivity index (χ2v) is 4.46.